The monoisotopic (exact) mass is 299 g/mol. The van der Waals surface area contributed by atoms with Crippen molar-refractivity contribution < 1.29 is 13.9 Å². The van der Waals surface area contributed by atoms with Crippen LogP contribution >= 0.6 is 0 Å². The second-order valence-electron chi connectivity index (χ2n) is 5.47. The molecule has 2 aromatic rings. The van der Waals surface area contributed by atoms with Crippen LogP contribution in [0.3, 0.4) is 0 Å². The molecule has 1 N–H and O–H groups in total. The Hall–Kier alpha value is -2.56. The van der Waals surface area contributed by atoms with Crippen molar-refractivity contribution in [3.63, 3.8) is 0 Å². The maximum Gasteiger partial charge on any atom is 0.287 e. The van der Waals surface area contributed by atoms with Crippen molar-refractivity contribution in [3.8, 4) is 5.75 Å². The van der Waals surface area contributed by atoms with Gasteiger partial charge < -0.3 is 14.5 Å². The van der Waals surface area contributed by atoms with Gasteiger partial charge in [0.15, 0.2) is 11.2 Å². The molecule has 0 radical (unpaired) electrons. The van der Waals surface area contributed by atoms with Gasteiger partial charge in [0, 0.05) is 24.6 Å². The summed E-state index contributed by atoms with van der Waals surface area (Å²) in [4.78, 5) is 23.5. The van der Waals surface area contributed by atoms with Crippen LogP contribution in [-0.4, -0.2) is 19.1 Å². The first-order valence-corrected chi connectivity index (χ1v) is 7.22. The zero-order valence-electron chi connectivity index (χ0n) is 12.3. The van der Waals surface area contributed by atoms with E-state index in [4.69, 9.17) is 9.15 Å². The van der Waals surface area contributed by atoms with Gasteiger partial charge in [-0.3, -0.25) is 9.59 Å². The Morgan fingerprint density at radius 1 is 1.32 bits per heavy atom. The summed E-state index contributed by atoms with van der Waals surface area (Å²) in [7, 11) is 0. The van der Waals surface area contributed by atoms with Gasteiger partial charge in [-0.1, -0.05) is 18.2 Å². The van der Waals surface area contributed by atoms with Gasteiger partial charge in [-0.05, 0) is 25.0 Å². The maximum absolute atomic E-state index is 12.1. The molecule has 0 spiro atoms. The molecule has 0 bridgehead atoms. The van der Waals surface area contributed by atoms with Crippen LogP contribution in [0.25, 0.3) is 0 Å². The van der Waals surface area contributed by atoms with Crippen LogP contribution in [-0.2, 0) is 6.42 Å². The van der Waals surface area contributed by atoms with Crippen LogP contribution in [0, 0.1) is 12.8 Å². The van der Waals surface area contributed by atoms with Gasteiger partial charge in [0.05, 0.1) is 6.61 Å². The Morgan fingerprint density at radius 3 is 2.95 bits per heavy atom. The molecule has 1 amide bonds. The number of para-hydroxylation sites is 1. The predicted octanol–water partition coefficient (Wildman–Crippen LogP) is 1.93. The summed E-state index contributed by atoms with van der Waals surface area (Å²) in [5.74, 6) is 1.21. The Kier molecular flexibility index (Phi) is 3.96. The number of fused-ring (bicyclic) bond motifs is 1. The molecule has 0 saturated carbocycles. The van der Waals surface area contributed by atoms with Gasteiger partial charge in [0.25, 0.3) is 5.91 Å². The Bertz CT molecular complexity index is 750. The van der Waals surface area contributed by atoms with E-state index in [-0.39, 0.29) is 23.0 Å². The topological polar surface area (TPSA) is 68.5 Å². The van der Waals surface area contributed by atoms with E-state index in [9.17, 15) is 9.59 Å². The van der Waals surface area contributed by atoms with E-state index >= 15 is 0 Å². The van der Waals surface area contributed by atoms with E-state index < -0.39 is 0 Å². The average Bonchev–Trinajstić information content (AvgIpc) is 2.51. The quantitative estimate of drug-likeness (QED) is 0.940. The van der Waals surface area contributed by atoms with Crippen molar-refractivity contribution in [2.24, 2.45) is 5.92 Å². The number of carbonyl (C=O) groups excluding carboxylic acids is 1. The molecule has 114 valence electrons. The SMILES string of the molecule is Cc1cc(=O)cc(C(=O)NC[C@H]2COc3ccccc3C2)o1. The van der Waals surface area contributed by atoms with Crippen molar-refractivity contribution in [1.29, 1.82) is 0 Å². The minimum atomic E-state index is -0.375. The number of carbonyl (C=O) groups is 1. The van der Waals surface area contributed by atoms with E-state index in [0.717, 1.165) is 17.7 Å². The molecule has 1 aromatic carbocycles. The first kappa shape index (κ1) is 14.4. The highest BCUT2D eigenvalue weighted by Gasteiger charge is 2.20. The third-order valence-corrected chi connectivity index (χ3v) is 3.62. The van der Waals surface area contributed by atoms with Crippen LogP contribution in [0.2, 0.25) is 0 Å². The van der Waals surface area contributed by atoms with Gasteiger partial charge in [0.1, 0.15) is 11.5 Å². The van der Waals surface area contributed by atoms with Crippen LogP contribution < -0.4 is 15.5 Å². The molecule has 0 aliphatic carbocycles. The number of aryl methyl sites for hydroxylation is 1. The Balaban J connectivity index is 1.61. The molecule has 2 heterocycles. The molecular formula is C17H17NO4. The van der Waals surface area contributed by atoms with Gasteiger partial charge >= 0.3 is 0 Å². The number of nitrogens with one attached hydrogen (secondary N) is 1. The summed E-state index contributed by atoms with van der Waals surface area (Å²) in [6, 6.07) is 10.5. The minimum Gasteiger partial charge on any atom is -0.493 e. The molecule has 5 heteroatoms. The fraction of sp³-hybridized carbons (Fsp3) is 0.294. The summed E-state index contributed by atoms with van der Waals surface area (Å²) in [5, 5.41) is 2.80. The van der Waals surface area contributed by atoms with Crippen molar-refractivity contribution in [3.05, 3.63) is 63.7 Å². The maximum atomic E-state index is 12.1. The highest BCUT2D eigenvalue weighted by atomic mass is 16.5. The Morgan fingerprint density at radius 2 is 2.14 bits per heavy atom. The molecular weight excluding hydrogens is 282 g/mol. The smallest absolute Gasteiger partial charge is 0.287 e. The number of hydrogen-bond acceptors (Lipinski definition) is 4. The zero-order valence-corrected chi connectivity index (χ0v) is 12.3. The lowest BCUT2D eigenvalue weighted by Gasteiger charge is -2.25. The number of rotatable bonds is 3. The molecule has 0 saturated heterocycles. The highest BCUT2D eigenvalue weighted by molar-refractivity contribution is 5.91. The number of ether oxygens (including phenoxy) is 1. The lowest BCUT2D eigenvalue weighted by Crippen LogP contribution is -2.35. The average molecular weight is 299 g/mol. The largest absolute Gasteiger partial charge is 0.493 e. The molecule has 1 aliphatic heterocycles. The summed E-state index contributed by atoms with van der Waals surface area (Å²) >= 11 is 0. The zero-order chi connectivity index (χ0) is 15.5. The van der Waals surface area contributed by atoms with Crippen LogP contribution in [0.5, 0.6) is 5.75 Å². The molecule has 0 fully saturated rings. The third-order valence-electron chi connectivity index (χ3n) is 3.62. The van der Waals surface area contributed by atoms with E-state index in [1.165, 1.54) is 12.1 Å². The van der Waals surface area contributed by atoms with Gasteiger partial charge in [-0.25, -0.2) is 0 Å². The summed E-state index contributed by atoms with van der Waals surface area (Å²) in [5.41, 5.74) is 0.916. The van der Waals surface area contributed by atoms with Crippen molar-refractivity contribution >= 4 is 5.91 Å². The molecule has 1 aromatic heterocycles. The Labute approximate surface area is 127 Å². The normalized spacial score (nSPS) is 16.5. The molecule has 1 atom stereocenters. The number of hydrogen-bond donors (Lipinski definition) is 1. The van der Waals surface area contributed by atoms with E-state index in [1.807, 2.05) is 24.3 Å². The van der Waals surface area contributed by atoms with E-state index in [0.29, 0.717) is 18.9 Å². The fourth-order valence-corrected chi connectivity index (χ4v) is 2.56. The number of amides is 1. The molecule has 5 nitrogen and oxygen atoms in total. The third kappa shape index (κ3) is 3.19. The molecule has 22 heavy (non-hydrogen) atoms. The second-order valence-corrected chi connectivity index (χ2v) is 5.47. The van der Waals surface area contributed by atoms with Crippen LogP contribution in [0.15, 0.2) is 45.6 Å². The summed E-state index contributed by atoms with van der Waals surface area (Å²) in [6.45, 7) is 2.68. The summed E-state index contributed by atoms with van der Waals surface area (Å²) in [6.07, 6.45) is 0.855. The van der Waals surface area contributed by atoms with Gasteiger partial charge in [-0.15, -0.1) is 0 Å². The standard InChI is InChI=1S/C17H17NO4/c1-11-6-14(19)8-16(22-11)17(20)18-9-12-7-13-4-2-3-5-15(13)21-10-12/h2-6,8,12H,7,9-10H2,1H3,(H,18,20)/t12-/m0/s1. The van der Waals surface area contributed by atoms with Gasteiger partial charge in [-0.2, -0.15) is 0 Å². The van der Waals surface area contributed by atoms with E-state index in [2.05, 4.69) is 5.32 Å². The highest BCUT2D eigenvalue weighted by Crippen LogP contribution is 2.26. The van der Waals surface area contributed by atoms with Crippen LogP contribution in [0.4, 0.5) is 0 Å². The van der Waals surface area contributed by atoms with Crippen molar-refractivity contribution in [2.45, 2.75) is 13.3 Å². The lowest BCUT2D eigenvalue weighted by molar-refractivity contribution is 0.0907. The lowest BCUT2D eigenvalue weighted by atomic mass is 9.97. The first-order chi connectivity index (χ1) is 10.6. The van der Waals surface area contributed by atoms with Crippen molar-refractivity contribution in [2.75, 3.05) is 13.2 Å². The minimum absolute atomic E-state index is 0.0436. The van der Waals surface area contributed by atoms with Crippen molar-refractivity contribution in [1.82, 2.24) is 5.32 Å². The molecule has 0 unspecified atom stereocenters. The van der Waals surface area contributed by atoms with Gasteiger partial charge in [0.2, 0.25) is 0 Å². The number of benzene rings is 1. The molecule has 1 aliphatic rings. The second kappa shape index (κ2) is 6.05. The fourth-order valence-electron chi connectivity index (χ4n) is 2.56. The summed E-state index contributed by atoms with van der Waals surface area (Å²) < 4.78 is 11.0. The first-order valence-electron chi connectivity index (χ1n) is 7.22. The predicted molar refractivity (Wildman–Crippen MR) is 81.2 cm³/mol. The van der Waals surface area contributed by atoms with E-state index in [1.54, 1.807) is 6.92 Å². The molecule has 3 rings (SSSR count). The van der Waals surface area contributed by atoms with Crippen LogP contribution in [0.1, 0.15) is 21.9 Å².